The van der Waals surface area contributed by atoms with Crippen molar-refractivity contribution >= 4 is 17.4 Å². The number of benzene rings is 1. The molecule has 0 saturated heterocycles. The largest absolute Gasteiger partial charge is 0.365 e. The van der Waals surface area contributed by atoms with Crippen LogP contribution in [0.4, 0.5) is 5.82 Å². The summed E-state index contributed by atoms with van der Waals surface area (Å²) in [5, 5.41) is 34.7. The summed E-state index contributed by atoms with van der Waals surface area (Å²) in [6.45, 7) is 0.696. The summed E-state index contributed by atoms with van der Waals surface area (Å²) < 4.78 is 0. The lowest BCUT2D eigenvalue weighted by Gasteiger charge is -2.04. The van der Waals surface area contributed by atoms with Gasteiger partial charge >= 0.3 is 0 Å². The summed E-state index contributed by atoms with van der Waals surface area (Å²) in [6.07, 6.45) is 0. The summed E-state index contributed by atoms with van der Waals surface area (Å²) in [5.41, 5.74) is 1.78. The minimum atomic E-state index is 0.277. The molecule has 1 N–H and O–H groups in total. The maximum atomic E-state index is 8.56. The predicted octanol–water partition coefficient (Wildman–Crippen LogP) is 2.96. The van der Waals surface area contributed by atoms with Crippen LogP contribution in [0.5, 0.6) is 0 Å². The number of rotatable bonds is 3. The number of halogens is 1. The molecule has 0 spiro atoms. The van der Waals surface area contributed by atoms with Gasteiger partial charge in [-0.25, -0.2) is 0 Å². The van der Waals surface area contributed by atoms with Gasteiger partial charge < -0.3 is 5.32 Å². The van der Waals surface area contributed by atoms with Crippen molar-refractivity contribution in [3.05, 3.63) is 76.7 Å². The molecule has 122 valence electrons. The quantitative estimate of drug-likeness (QED) is 0.773. The maximum absolute atomic E-state index is 8.56. The Morgan fingerprint density at radius 2 is 1.44 bits per heavy atom. The highest BCUT2D eigenvalue weighted by molar-refractivity contribution is 6.29. The van der Waals surface area contributed by atoms with Gasteiger partial charge in [0.25, 0.3) is 0 Å². The average Bonchev–Trinajstić information content (AvgIpc) is 2.69. The first-order valence-electron chi connectivity index (χ1n) is 7.12. The Balaban J connectivity index is 0.000000212. The lowest BCUT2D eigenvalue weighted by atomic mass is 10.2. The van der Waals surface area contributed by atoms with E-state index in [0.29, 0.717) is 23.2 Å². The van der Waals surface area contributed by atoms with Crippen molar-refractivity contribution in [2.75, 3.05) is 5.32 Å². The molecule has 1 aromatic carbocycles. The minimum Gasteiger partial charge on any atom is -0.365 e. The summed E-state index contributed by atoms with van der Waals surface area (Å²) in [6, 6.07) is 20.2. The summed E-state index contributed by atoms with van der Waals surface area (Å²) in [5.74, 6) is 0.669. The van der Waals surface area contributed by atoms with Crippen LogP contribution in [0.15, 0.2) is 54.6 Å². The molecular formula is C17H12ClN7. The van der Waals surface area contributed by atoms with Gasteiger partial charge in [0, 0.05) is 6.54 Å². The van der Waals surface area contributed by atoms with Crippen molar-refractivity contribution in [2.24, 2.45) is 0 Å². The molecule has 0 saturated carbocycles. The fourth-order valence-electron chi connectivity index (χ4n) is 1.65. The van der Waals surface area contributed by atoms with E-state index in [0.717, 1.165) is 0 Å². The van der Waals surface area contributed by atoms with Crippen LogP contribution in [0.2, 0.25) is 5.15 Å². The average molecular weight is 350 g/mol. The molecule has 0 fully saturated rings. The number of anilines is 1. The number of aromatic nitrogens is 4. The highest BCUT2D eigenvalue weighted by Gasteiger charge is 1.96. The molecule has 0 aliphatic carbocycles. The van der Waals surface area contributed by atoms with Gasteiger partial charge in [-0.15, -0.1) is 20.4 Å². The summed E-state index contributed by atoms with van der Waals surface area (Å²) in [4.78, 5) is 0. The van der Waals surface area contributed by atoms with Gasteiger partial charge in [-0.3, -0.25) is 0 Å². The molecule has 0 amide bonds. The zero-order valence-corrected chi connectivity index (χ0v) is 13.7. The number of nitriles is 2. The van der Waals surface area contributed by atoms with Crippen LogP contribution >= 0.6 is 11.6 Å². The van der Waals surface area contributed by atoms with E-state index < -0.39 is 0 Å². The fourth-order valence-corrected chi connectivity index (χ4v) is 1.75. The van der Waals surface area contributed by atoms with Crippen LogP contribution < -0.4 is 5.32 Å². The van der Waals surface area contributed by atoms with Crippen molar-refractivity contribution in [1.29, 1.82) is 10.5 Å². The van der Waals surface area contributed by atoms with Gasteiger partial charge in [0.15, 0.2) is 16.5 Å². The molecule has 8 heteroatoms. The van der Waals surface area contributed by atoms with Crippen LogP contribution in [0.3, 0.4) is 0 Å². The molecule has 3 rings (SSSR count). The van der Waals surface area contributed by atoms with E-state index in [1.807, 2.05) is 42.5 Å². The highest BCUT2D eigenvalue weighted by atomic mass is 35.5. The normalized spacial score (nSPS) is 9.08. The Bertz CT molecular complexity index is 866. The van der Waals surface area contributed by atoms with Gasteiger partial charge in [0.05, 0.1) is 0 Å². The number of nitrogens with zero attached hydrogens (tertiary/aromatic N) is 6. The third-order valence-corrected chi connectivity index (χ3v) is 3.04. The van der Waals surface area contributed by atoms with E-state index in [2.05, 4.69) is 25.7 Å². The first-order valence-corrected chi connectivity index (χ1v) is 7.50. The Hall–Kier alpha value is -3.55. The van der Waals surface area contributed by atoms with Crippen molar-refractivity contribution in [3.63, 3.8) is 0 Å². The fraction of sp³-hybridized carbons (Fsp3) is 0.0588. The monoisotopic (exact) mass is 349 g/mol. The molecule has 2 heterocycles. The summed E-state index contributed by atoms with van der Waals surface area (Å²) >= 11 is 5.39. The van der Waals surface area contributed by atoms with Crippen molar-refractivity contribution in [2.45, 2.75) is 6.54 Å². The van der Waals surface area contributed by atoms with E-state index in [9.17, 15) is 0 Å². The van der Waals surface area contributed by atoms with E-state index in [1.165, 1.54) is 17.7 Å². The van der Waals surface area contributed by atoms with Crippen LogP contribution in [0.25, 0.3) is 0 Å². The molecule has 0 unspecified atom stereocenters. The third-order valence-electron chi connectivity index (χ3n) is 2.84. The second-order valence-corrected chi connectivity index (χ2v) is 5.00. The Kier molecular flexibility index (Phi) is 6.80. The number of hydrogen-bond acceptors (Lipinski definition) is 7. The standard InChI is InChI=1S/C12H10N4.C5H2ClN3/c13-8-11-6-7-12(16-15-11)14-9-10-4-2-1-3-5-10;6-5-2-1-4(3-7)8-9-5/h1-7H,9H2,(H,14,16);1-2H. The van der Waals surface area contributed by atoms with E-state index >= 15 is 0 Å². The lowest BCUT2D eigenvalue weighted by Crippen LogP contribution is -2.02. The molecule has 7 nitrogen and oxygen atoms in total. The number of nitrogens with one attached hydrogen (secondary N) is 1. The second kappa shape index (κ2) is 9.56. The maximum Gasteiger partial charge on any atom is 0.163 e. The van der Waals surface area contributed by atoms with Gasteiger partial charge in [0.1, 0.15) is 18.0 Å². The van der Waals surface area contributed by atoms with E-state index in [1.54, 1.807) is 12.1 Å². The molecule has 0 atom stereocenters. The Morgan fingerprint density at radius 1 is 0.800 bits per heavy atom. The summed E-state index contributed by atoms with van der Waals surface area (Å²) in [7, 11) is 0. The molecule has 2 aromatic heterocycles. The van der Waals surface area contributed by atoms with Crippen LogP contribution in [0.1, 0.15) is 17.0 Å². The number of hydrogen-bond donors (Lipinski definition) is 1. The molecule has 0 bridgehead atoms. The highest BCUT2D eigenvalue weighted by Crippen LogP contribution is 2.05. The molecule has 3 aromatic rings. The second-order valence-electron chi connectivity index (χ2n) is 4.61. The first kappa shape index (κ1) is 17.8. The molecule has 25 heavy (non-hydrogen) atoms. The van der Waals surface area contributed by atoms with Gasteiger partial charge in [0.2, 0.25) is 0 Å². The van der Waals surface area contributed by atoms with Gasteiger partial charge in [-0.2, -0.15) is 10.5 Å². The van der Waals surface area contributed by atoms with Crippen LogP contribution in [-0.4, -0.2) is 20.4 Å². The Labute approximate surface area is 149 Å². The third kappa shape index (κ3) is 6.22. The Morgan fingerprint density at radius 3 is 1.96 bits per heavy atom. The molecule has 0 radical (unpaired) electrons. The van der Waals surface area contributed by atoms with Crippen molar-refractivity contribution < 1.29 is 0 Å². The smallest absolute Gasteiger partial charge is 0.163 e. The van der Waals surface area contributed by atoms with Crippen LogP contribution in [0, 0.1) is 22.7 Å². The zero-order chi connectivity index (χ0) is 17.9. The van der Waals surface area contributed by atoms with Crippen LogP contribution in [-0.2, 0) is 6.54 Å². The van der Waals surface area contributed by atoms with E-state index in [4.69, 9.17) is 22.1 Å². The molecular weight excluding hydrogens is 338 g/mol. The van der Waals surface area contributed by atoms with Crippen molar-refractivity contribution in [1.82, 2.24) is 20.4 Å². The first-order chi connectivity index (χ1) is 12.2. The molecule has 0 aliphatic rings. The topological polar surface area (TPSA) is 111 Å². The minimum absolute atomic E-state index is 0.277. The SMILES string of the molecule is N#Cc1ccc(Cl)nn1.N#Cc1ccc(NCc2ccccc2)nn1. The lowest BCUT2D eigenvalue weighted by molar-refractivity contribution is 0.985. The predicted molar refractivity (Wildman–Crippen MR) is 92.3 cm³/mol. The van der Waals surface area contributed by atoms with Crippen molar-refractivity contribution in [3.8, 4) is 12.1 Å². The molecule has 0 aliphatic heterocycles. The van der Waals surface area contributed by atoms with Gasteiger partial charge in [-0.1, -0.05) is 41.9 Å². The van der Waals surface area contributed by atoms with Gasteiger partial charge in [-0.05, 0) is 29.8 Å². The van der Waals surface area contributed by atoms with E-state index in [-0.39, 0.29) is 5.69 Å². The zero-order valence-electron chi connectivity index (χ0n) is 13.0.